The van der Waals surface area contributed by atoms with Crippen molar-refractivity contribution in [1.82, 2.24) is 5.32 Å². The van der Waals surface area contributed by atoms with E-state index >= 15 is 0 Å². The molecule has 2 heteroatoms. The highest BCUT2D eigenvalue weighted by Crippen LogP contribution is 2.42. The minimum atomic E-state index is 0.420. The lowest BCUT2D eigenvalue weighted by atomic mass is 10.1. The van der Waals surface area contributed by atoms with Crippen LogP contribution in [0, 0.1) is 0 Å². The monoisotopic (exact) mass is 315 g/mol. The van der Waals surface area contributed by atoms with Crippen LogP contribution < -0.4 is 5.32 Å². The normalized spacial score (nSPS) is 23.1. The fourth-order valence-corrected chi connectivity index (χ4v) is 3.06. The van der Waals surface area contributed by atoms with Gasteiger partial charge in [0.25, 0.3) is 0 Å². The summed E-state index contributed by atoms with van der Waals surface area (Å²) in [5, 5.41) is 3.72. The Labute approximate surface area is 123 Å². The molecule has 98 valence electrons. The molecule has 3 unspecified atom stereocenters. The van der Waals surface area contributed by atoms with Crippen LogP contribution >= 0.6 is 15.9 Å². The van der Waals surface area contributed by atoms with Gasteiger partial charge in [-0.3, -0.25) is 0 Å². The summed E-state index contributed by atoms with van der Waals surface area (Å²) in [6, 6.07) is 20.4. The second kappa shape index (κ2) is 5.48. The summed E-state index contributed by atoms with van der Waals surface area (Å²) in [6.07, 6.45) is 1.24. The number of nitrogens with one attached hydrogen (secondary N) is 1. The summed E-state index contributed by atoms with van der Waals surface area (Å²) < 4.78 is 1.17. The third kappa shape index (κ3) is 3.07. The van der Waals surface area contributed by atoms with Crippen molar-refractivity contribution in [3.05, 3.63) is 70.2 Å². The molecule has 0 bridgehead atoms. The maximum absolute atomic E-state index is 3.72. The van der Waals surface area contributed by atoms with E-state index in [0.717, 1.165) is 0 Å². The van der Waals surface area contributed by atoms with E-state index in [0.29, 0.717) is 18.0 Å². The van der Waals surface area contributed by atoms with Crippen LogP contribution in [0.15, 0.2) is 59.1 Å². The van der Waals surface area contributed by atoms with Crippen molar-refractivity contribution in [2.75, 3.05) is 0 Å². The van der Waals surface area contributed by atoms with E-state index in [9.17, 15) is 0 Å². The zero-order valence-corrected chi connectivity index (χ0v) is 12.6. The first-order valence-electron chi connectivity index (χ1n) is 6.80. The van der Waals surface area contributed by atoms with Gasteiger partial charge < -0.3 is 5.32 Å². The molecule has 0 aromatic heterocycles. The average Bonchev–Trinajstić information content (AvgIpc) is 3.19. The lowest BCUT2D eigenvalue weighted by Crippen LogP contribution is -2.22. The van der Waals surface area contributed by atoms with E-state index in [1.165, 1.54) is 22.0 Å². The molecule has 0 spiro atoms. The highest BCUT2D eigenvalue weighted by Gasteiger charge is 2.38. The molecule has 3 rings (SSSR count). The van der Waals surface area contributed by atoms with Crippen LogP contribution in [0.25, 0.3) is 0 Å². The summed E-state index contributed by atoms with van der Waals surface area (Å²) >= 11 is 3.55. The molecule has 0 saturated heterocycles. The Bertz CT molecular complexity index is 552. The van der Waals surface area contributed by atoms with Crippen molar-refractivity contribution < 1.29 is 0 Å². The molecule has 2 aromatic rings. The molecular weight excluding hydrogens is 298 g/mol. The van der Waals surface area contributed by atoms with Gasteiger partial charge in [-0.05, 0) is 36.6 Å². The van der Waals surface area contributed by atoms with E-state index in [2.05, 4.69) is 82.8 Å². The molecule has 1 N–H and O–H groups in total. The van der Waals surface area contributed by atoms with E-state index < -0.39 is 0 Å². The summed E-state index contributed by atoms with van der Waals surface area (Å²) in [4.78, 5) is 0. The van der Waals surface area contributed by atoms with Crippen LogP contribution in [0.4, 0.5) is 0 Å². The van der Waals surface area contributed by atoms with Crippen LogP contribution in [0.5, 0.6) is 0 Å². The largest absolute Gasteiger partial charge is 0.307 e. The number of halogens is 1. The Morgan fingerprint density at radius 2 is 1.89 bits per heavy atom. The van der Waals surface area contributed by atoms with Crippen molar-refractivity contribution >= 4 is 15.9 Å². The quantitative estimate of drug-likeness (QED) is 0.865. The molecule has 1 fully saturated rings. The van der Waals surface area contributed by atoms with Gasteiger partial charge in [0, 0.05) is 22.5 Å². The molecule has 1 saturated carbocycles. The van der Waals surface area contributed by atoms with Crippen LogP contribution in [0.3, 0.4) is 0 Å². The Kier molecular flexibility index (Phi) is 3.72. The minimum Gasteiger partial charge on any atom is -0.307 e. The molecule has 0 radical (unpaired) electrons. The topological polar surface area (TPSA) is 12.0 Å². The lowest BCUT2D eigenvalue weighted by Gasteiger charge is -2.14. The molecule has 0 heterocycles. The van der Waals surface area contributed by atoms with Gasteiger partial charge in [0.05, 0.1) is 0 Å². The maximum atomic E-state index is 3.72. The highest BCUT2D eigenvalue weighted by atomic mass is 79.9. The molecule has 19 heavy (non-hydrogen) atoms. The van der Waals surface area contributed by atoms with Crippen molar-refractivity contribution in [3.63, 3.8) is 0 Å². The van der Waals surface area contributed by atoms with E-state index in [-0.39, 0.29) is 0 Å². The van der Waals surface area contributed by atoms with Gasteiger partial charge >= 0.3 is 0 Å². The number of rotatable bonds is 4. The number of benzene rings is 2. The van der Waals surface area contributed by atoms with Gasteiger partial charge in [0.1, 0.15) is 0 Å². The average molecular weight is 316 g/mol. The summed E-state index contributed by atoms with van der Waals surface area (Å²) in [7, 11) is 0. The number of hydrogen-bond acceptors (Lipinski definition) is 1. The fraction of sp³-hybridized carbons (Fsp3) is 0.294. The van der Waals surface area contributed by atoms with E-state index in [1.54, 1.807) is 0 Å². The molecule has 3 atom stereocenters. The summed E-state index contributed by atoms with van der Waals surface area (Å²) in [6.45, 7) is 2.24. The fourth-order valence-electron chi connectivity index (χ4n) is 2.64. The van der Waals surface area contributed by atoms with Crippen LogP contribution in [-0.4, -0.2) is 6.04 Å². The smallest absolute Gasteiger partial charge is 0.0294 e. The van der Waals surface area contributed by atoms with Crippen LogP contribution in [0.2, 0.25) is 0 Å². The molecule has 1 aliphatic carbocycles. The van der Waals surface area contributed by atoms with Crippen molar-refractivity contribution in [3.8, 4) is 0 Å². The van der Waals surface area contributed by atoms with Gasteiger partial charge in [0.2, 0.25) is 0 Å². The predicted molar refractivity (Wildman–Crippen MR) is 83.3 cm³/mol. The van der Waals surface area contributed by atoms with E-state index in [4.69, 9.17) is 0 Å². The molecule has 2 aromatic carbocycles. The second-order valence-electron chi connectivity index (χ2n) is 5.30. The molecule has 1 nitrogen and oxygen atoms in total. The van der Waals surface area contributed by atoms with Gasteiger partial charge in [-0.2, -0.15) is 0 Å². The molecule has 0 amide bonds. The third-order valence-corrected chi connectivity index (χ3v) is 4.32. The first-order valence-corrected chi connectivity index (χ1v) is 7.60. The zero-order valence-electron chi connectivity index (χ0n) is 11.0. The van der Waals surface area contributed by atoms with Gasteiger partial charge in [-0.1, -0.05) is 58.4 Å². The molecule has 1 aliphatic rings. The first kappa shape index (κ1) is 12.9. The SMILES string of the molecule is CC(NC1CC1c1cccc(Br)c1)c1ccccc1. The highest BCUT2D eigenvalue weighted by molar-refractivity contribution is 9.10. The molecular formula is C17H18BrN. The standard InChI is InChI=1S/C17H18BrN/c1-12(13-6-3-2-4-7-13)19-17-11-16(17)14-8-5-9-15(18)10-14/h2-10,12,16-17,19H,11H2,1H3. The van der Waals surface area contributed by atoms with Crippen LogP contribution in [-0.2, 0) is 0 Å². The van der Waals surface area contributed by atoms with Crippen molar-refractivity contribution in [2.24, 2.45) is 0 Å². The second-order valence-corrected chi connectivity index (χ2v) is 6.22. The Morgan fingerprint density at radius 1 is 1.11 bits per heavy atom. The van der Waals surface area contributed by atoms with Gasteiger partial charge in [0.15, 0.2) is 0 Å². The predicted octanol–water partition coefficient (Wildman–Crippen LogP) is 4.66. The minimum absolute atomic E-state index is 0.420. The van der Waals surface area contributed by atoms with E-state index in [1.807, 2.05) is 0 Å². The molecule has 0 aliphatic heterocycles. The Hall–Kier alpha value is -1.12. The van der Waals surface area contributed by atoms with Crippen LogP contribution in [0.1, 0.15) is 36.4 Å². The summed E-state index contributed by atoms with van der Waals surface area (Å²) in [5.41, 5.74) is 2.80. The van der Waals surface area contributed by atoms with Crippen molar-refractivity contribution in [2.45, 2.75) is 31.3 Å². The Morgan fingerprint density at radius 3 is 2.63 bits per heavy atom. The first-order chi connectivity index (χ1) is 9.24. The zero-order chi connectivity index (χ0) is 13.2. The third-order valence-electron chi connectivity index (χ3n) is 3.83. The van der Waals surface area contributed by atoms with Gasteiger partial charge in [-0.25, -0.2) is 0 Å². The number of hydrogen-bond donors (Lipinski definition) is 1. The van der Waals surface area contributed by atoms with Gasteiger partial charge in [-0.15, -0.1) is 0 Å². The van der Waals surface area contributed by atoms with Crippen molar-refractivity contribution in [1.29, 1.82) is 0 Å². The maximum Gasteiger partial charge on any atom is 0.0294 e. The lowest BCUT2D eigenvalue weighted by molar-refractivity contribution is 0.563. The summed E-state index contributed by atoms with van der Waals surface area (Å²) in [5.74, 6) is 0.670. The Balaban J connectivity index is 1.62.